The van der Waals surface area contributed by atoms with Gasteiger partial charge in [0.05, 0.1) is 18.2 Å². The molecule has 0 radical (unpaired) electrons. The third kappa shape index (κ3) is 2.99. The Bertz CT molecular complexity index is 521. The van der Waals surface area contributed by atoms with Crippen molar-refractivity contribution < 1.29 is 14.3 Å². The van der Waals surface area contributed by atoms with Crippen molar-refractivity contribution in [2.24, 2.45) is 0 Å². The molecule has 0 saturated carbocycles. The van der Waals surface area contributed by atoms with E-state index in [1.54, 1.807) is 0 Å². The molecule has 1 amide bonds. The van der Waals surface area contributed by atoms with Crippen LogP contribution in [0.4, 0.5) is 0 Å². The normalized spacial score (nSPS) is 21.4. The smallest absolute Gasteiger partial charge is 0.221 e. The largest absolute Gasteiger partial charge is 0.489 e. The number of carbonyl (C=O) groups is 1. The number of hydrogen-bond donors (Lipinski definition) is 2. The monoisotopic (exact) mass is 296 g/mol. The summed E-state index contributed by atoms with van der Waals surface area (Å²) in [6.45, 7) is 2.59. The van der Waals surface area contributed by atoms with Crippen LogP contribution in [0.5, 0.6) is 11.5 Å². The van der Waals surface area contributed by atoms with Crippen LogP contribution in [0.3, 0.4) is 0 Å². The lowest BCUT2D eigenvalue weighted by atomic mass is 10.1. The summed E-state index contributed by atoms with van der Waals surface area (Å²) in [4.78, 5) is 11.1. The highest BCUT2D eigenvalue weighted by Gasteiger charge is 2.21. The van der Waals surface area contributed by atoms with E-state index in [1.165, 1.54) is 0 Å². The fraction of sp³-hybridized carbons (Fsp3) is 0.500. The zero-order valence-corrected chi connectivity index (χ0v) is 11.8. The second kappa shape index (κ2) is 5.89. The van der Waals surface area contributed by atoms with Gasteiger partial charge in [-0.2, -0.15) is 0 Å². The van der Waals surface area contributed by atoms with E-state index >= 15 is 0 Å². The predicted molar refractivity (Wildman–Crippen MR) is 75.3 cm³/mol. The van der Waals surface area contributed by atoms with Gasteiger partial charge < -0.3 is 20.1 Å². The van der Waals surface area contributed by atoms with E-state index in [2.05, 4.69) is 10.6 Å². The molecule has 1 aromatic rings. The Labute approximate surface area is 122 Å². The van der Waals surface area contributed by atoms with Crippen molar-refractivity contribution in [3.8, 4) is 11.5 Å². The quantitative estimate of drug-likeness (QED) is 0.887. The van der Waals surface area contributed by atoms with Crippen molar-refractivity contribution in [2.45, 2.75) is 25.4 Å². The maximum absolute atomic E-state index is 11.1. The molecule has 1 fully saturated rings. The first-order valence-electron chi connectivity index (χ1n) is 6.80. The van der Waals surface area contributed by atoms with Gasteiger partial charge in [0.25, 0.3) is 0 Å². The van der Waals surface area contributed by atoms with Gasteiger partial charge in [0, 0.05) is 32.0 Å². The summed E-state index contributed by atoms with van der Waals surface area (Å²) in [6, 6.07) is 4.01. The number of benzene rings is 1. The van der Waals surface area contributed by atoms with Crippen LogP contribution in [0.25, 0.3) is 0 Å². The summed E-state index contributed by atoms with van der Waals surface area (Å²) in [7, 11) is 0. The minimum atomic E-state index is 0.0965. The van der Waals surface area contributed by atoms with Crippen LogP contribution >= 0.6 is 11.6 Å². The maximum atomic E-state index is 11.1. The molecule has 2 heterocycles. The van der Waals surface area contributed by atoms with Crippen LogP contribution in [0.15, 0.2) is 12.1 Å². The Morgan fingerprint density at radius 2 is 2.20 bits per heavy atom. The van der Waals surface area contributed by atoms with E-state index in [1.807, 2.05) is 12.1 Å². The lowest BCUT2D eigenvalue weighted by Crippen LogP contribution is -2.30. The second-order valence-electron chi connectivity index (χ2n) is 5.04. The summed E-state index contributed by atoms with van der Waals surface area (Å²) in [5, 5.41) is 6.71. The molecular formula is C14H17ClN2O3. The van der Waals surface area contributed by atoms with Gasteiger partial charge in [-0.05, 0) is 17.7 Å². The van der Waals surface area contributed by atoms with Crippen LogP contribution in [-0.4, -0.2) is 31.7 Å². The summed E-state index contributed by atoms with van der Waals surface area (Å²) in [5.74, 6) is 1.43. The van der Waals surface area contributed by atoms with Crippen LogP contribution in [0.2, 0.25) is 5.02 Å². The summed E-state index contributed by atoms with van der Waals surface area (Å²) in [5.41, 5.74) is 1.03. The van der Waals surface area contributed by atoms with Crippen molar-refractivity contribution in [1.29, 1.82) is 0 Å². The van der Waals surface area contributed by atoms with Gasteiger partial charge in [-0.15, -0.1) is 0 Å². The number of amides is 1. The molecule has 1 saturated heterocycles. The third-order valence-corrected chi connectivity index (χ3v) is 3.71. The standard InChI is InChI=1S/C14H17ClN2O3/c15-11-4-9(7-16-10-6-13(18)17-8-10)5-12-14(11)20-3-1-2-19-12/h4-5,10,16H,1-3,6-8H2,(H,17,18). The fourth-order valence-corrected chi connectivity index (χ4v) is 2.69. The number of carbonyl (C=O) groups excluding carboxylic acids is 1. The SMILES string of the molecule is O=C1CC(NCc2cc(Cl)c3c(c2)OCCCO3)CN1. The molecule has 20 heavy (non-hydrogen) atoms. The van der Waals surface area contributed by atoms with E-state index in [0.717, 1.165) is 12.0 Å². The molecule has 2 N–H and O–H groups in total. The Morgan fingerprint density at radius 1 is 1.35 bits per heavy atom. The zero-order valence-electron chi connectivity index (χ0n) is 11.1. The molecule has 3 rings (SSSR count). The summed E-state index contributed by atoms with van der Waals surface area (Å²) in [6.07, 6.45) is 1.38. The molecule has 0 aromatic heterocycles. The highest BCUT2D eigenvalue weighted by Crippen LogP contribution is 2.37. The maximum Gasteiger partial charge on any atom is 0.221 e. The van der Waals surface area contributed by atoms with E-state index in [9.17, 15) is 4.79 Å². The molecule has 0 spiro atoms. The number of hydrogen-bond acceptors (Lipinski definition) is 4. The van der Waals surface area contributed by atoms with Gasteiger partial charge in [0.15, 0.2) is 11.5 Å². The minimum Gasteiger partial charge on any atom is -0.489 e. The number of halogens is 1. The van der Waals surface area contributed by atoms with Gasteiger partial charge >= 0.3 is 0 Å². The number of nitrogens with one attached hydrogen (secondary N) is 2. The van der Waals surface area contributed by atoms with Crippen LogP contribution in [-0.2, 0) is 11.3 Å². The Balaban J connectivity index is 1.69. The average molecular weight is 297 g/mol. The van der Waals surface area contributed by atoms with Gasteiger partial charge in [-0.25, -0.2) is 0 Å². The number of ether oxygens (including phenoxy) is 2. The van der Waals surface area contributed by atoms with E-state index in [-0.39, 0.29) is 11.9 Å². The van der Waals surface area contributed by atoms with E-state index in [4.69, 9.17) is 21.1 Å². The highest BCUT2D eigenvalue weighted by atomic mass is 35.5. The molecule has 2 aliphatic rings. The minimum absolute atomic E-state index is 0.0965. The molecule has 1 aromatic carbocycles. The lowest BCUT2D eigenvalue weighted by Gasteiger charge is -2.14. The molecule has 5 nitrogen and oxygen atoms in total. The van der Waals surface area contributed by atoms with Gasteiger partial charge in [0.2, 0.25) is 5.91 Å². The van der Waals surface area contributed by atoms with Crippen LogP contribution in [0, 0.1) is 0 Å². The van der Waals surface area contributed by atoms with Crippen LogP contribution in [0.1, 0.15) is 18.4 Å². The molecule has 0 aliphatic carbocycles. The van der Waals surface area contributed by atoms with Crippen molar-refractivity contribution in [3.05, 3.63) is 22.7 Å². The van der Waals surface area contributed by atoms with Gasteiger partial charge in [-0.3, -0.25) is 4.79 Å². The topological polar surface area (TPSA) is 59.6 Å². The lowest BCUT2D eigenvalue weighted by molar-refractivity contribution is -0.119. The first-order chi connectivity index (χ1) is 9.72. The van der Waals surface area contributed by atoms with E-state index < -0.39 is 0 Å². The average Bonchev–Trinajstić information content (AvgIpc) is 2.70. The molecule has 1 unspecified atom stereocenters. The van der Waals surface area contributed by atoms with Crippen molar-refractivity contribution in [3.63, 3.8) is 0 Å². The second-order valence-corrected chi connectivity index (χ2v) is 5.45. The van der Waals surface area contributed by atoms with Gasteiger partial charge in [-0.1, -0.05) is 11.6 Å². The Kier molecular flexibility index (Phi) is 3.98. The summed E-state index contributed by atoms with van der Waals surface area (Å²) < 4.78 is 11.2. The molecular weight excluding hydrogens is 280 g/mol. The van der Waals surface area contributed by atoms with Crippen LogP contribution < -0.4 is 20.1 Å². The Hall–Kier alpha value is -1.46. The molecule has 108 valence electrons. The summed E-state index contributed by atoms with van der Waals surface area (Å²) >= 11 is 6.24. The van der Waals surface area contributed by atoms with Crippen molar-refractivity contribution in [1.82, 2.24) is 10.6 Å². The third-order valence-electron chi connectivity index (χ3n) is 3.43. The molecule has 0 bridgehead atoms. The highest BCUT2D eigenvalue weighted by molar-refractivity contribution is 6.32. The van der Waals surface area contributed by atoms with Crippen molar-refractivity contribution in [2.75, 3.05) is 19.8 Å². The Morgan fingerprint density at radius 3 is 3.00 bits per heavy atom. The fourth-order valence-electron chi connectivity index (χ4n) is 2.40. The zero-order chi connectivity index (χ0) is 13.9. The first-order valence-corrected chi connectivity index (χ1v) is 7.18. The molecule has 1 atom stereocenters. The van der Waals surface area contributed by atoms with Crippen molar-refractivity contribution >= 4 is 17.5 Å². The van der Waals surface area contributed by atoms with E-state index in [0.29, 0.717) is 49.2 Å². The molecule has 6 heteroatoms. The number of fused-ring (bicyclic) bond motifs is 1. The number of rotatable bonds is 3. The van der Waals surface area contributed by atoms with Gasteiger partial charge in [0.1, 0.15) is 0 Å². The predicted octanol–water partition coefficient (Wildman–Crippen LogP) is 1.48. The first kappa shape index (κ1) is 13.5. The molecule has 2 aliphatic heterocycles.